The van der Waals surface area contributed by atoms with Crippen LogP contribution in [0.2, 0.25) is 0 Å². The van der Waals surface area contributed by atoms with E-state index < -0.39 is 0 Å². The van der Waals surface area contributed by atoms with Crippen LogP contribution in [0.4, 0.5) is 4.39 Å². The highest BCUT2D eigenvalue weighted by Crippen LogP contribution is 2.16. The molecular formula is C22H27FN2O2. The number of carbonyl (C=O) groups is 1. The molecular weight excluding hydrogens is 343 g/mol. The SMILES string of the molecule is COc1cccc(CN(CCc2ccc(F)cc2)CCN2CCCC2=O)c1. The molecule has 144 valence electrons. The second-order valence-corrected chi connectivity index (χ2v) is 6.99. The fourth-order valence-corrected chi connectivity index (χ4v) is 3.44. The second-order valence-electron chi connectivity index (χ2n) is 6.99. The monoisotopic (exact) mass is 370 g/mol. The van der Waals surface area contributed by atoms with Gasteiger partial charge in [-0.3, -0.25) is 9.69 Å². The molecule has 0 aromatic heterocycles. The molecule has 1 fully saturated rings. The lowest BCUT2D eigenvalue weighted by atomic mass is 10.1. The minimum absolute atomic E-state index is 0.209. The van der Waals surface area contributed by atoms with Crippen LogP contribution in [0.1, 0.15) is 24.0 Å². The highest BCUT2D eigenvalue weighted by molar-refractivity contribution is 5.78. The Hall–Kier alpha value is -2.40. The zero-order valence-corrected chi connectivity index (χ0v) is 15.9. The van der Waals surface area contributed by atoms with Gasteiger partial charge in [-0.05, 0) is 48.2 Å². The first-order chi connectivity index (χ1) is 13.1. The Morgan fingerprint density at radius 1 is 1.11 bits per heavy atom. The van der Waals surface area contributed by atoms with Crippen molar-refractivity contribution in [3.63, 3.8) is 0 Å². The van der Waals surface area contributed by atoms with Crippen LogP contribution in [0.15, 0.2) is 48.5 Å². The summed E-state index contributed by atoms with van der Waals surface area (Å²) in [6.07, 6.45) is 2.48. The Morgan fingerprint density at radius 2 is 1.93 bits per heavy atom. The standard InChI is InChI=1S/C22H27FN2O2/c1-27-21-5-2-4-19(16-21)17-24(14-15-25-12-3-6-22(25)26)13-11-18-7-9-20(23)10-8-18/h2,4-5,7-10,16H,3,6,11-15,17H2,1H3. The molecule has 0 bridgehead atoms. The van der Waals surface area contributed by atoms with E-state index in [-0.39, 0.29) is 11.7 Å². The number of nitrogens with zero attached hydrogens (tertiary/aromatic N) is 2. The maximum atomic E-state index is 13.1. The van der Waals surface area contributed by atoms with E-state index in [1.165, 1.54) is 17.7 Å². The van der Waals surface area contributed by atoms with Crippen LogP contribution < -0.4 is 4.74 Å². The van der Waals surface area contributed by atoms with E-state index in [1.54, 1.807) is 7.11 Å². The van der Waals surface area contributed by atoms with E-state index in [9.17, 15) is 9.18 Å². The number of benzene rings is 2. The van der Waals surface area contributed by atoms with Crippen molar-refractivity contribution in [1.82, 2.24) is 9.80 Å². The molecule has 4 nitrogen and oxygen atoms in total. The van der Waals surface area contributed by atoms with Crippen molar-refractivity contribution in [2.24, 2.45) is 0 Å². The fraction of sp³-hybridized carbons (Fsp3) is 0.409. The van der Waals surface area contributed by atoms with Gasteiger partial charge in [-0.25, -0.2) is 4.39 Å². The Kier molecular flexibility index (Phi) is 6.82. The second kappa shape index (κ2) is 9.51. The predicted octanol–water partition coefficient (Wildman–Crippen LogP) is 3.50. The van der Waals surface area contributed by atoms with Gasteiger partial charge in [0.2, 0.25) is 5.91 Å². The Bertz CT molecular complexity index is 748. The molecule has 0 saturated carbocycles. The smallest absolute Gasteiger partial charge is 0.222 e. The third kappa shape index (κ3) is 5.79. The minimum atomic E-state index is -0.209. The summed E-state index contributed by atoms with van der Waals surface area (Å²) >= 11 is 0. The van der Waals surface area contributed by atoms with E-state index in [4.69, 9.17) is 4.74 Å². The number of hydrogen-bond donors (Lipinski definition) is 0. The summed E-state index contributed by atoms with van der Waals surface area (Å²) in [5.41, 5.74) is 2.30. The van der Waals surface area contributed by atoms with Crippen LogP contribution in [0.5, 0.6) is 5.75 Å². The molecule has 5 heteroatoms. The van der Waals surface area contributed by atoms with Gasteiger partial charge < -0.3 is 9.64 Å². The van der Waals surface area contributed by atoms with Crippen LogP contribution in [0.25, 0.3) is 0 Å². The lowest BCUT2D eigenvalue weighted by Crippen LogP contribution is -2.36. The van der Waals surface area contributed by atoms with Crippen molar-refractivity contribution in [3.8, 4) is 5.75 Å². The third-order valence-electron chi connectivity index (χ3n) is 5.03. The van der Waals surface area contributed by atoms with Crippen LogP contribution >= 0.6 is 0 Å². The Morgan fingerprint density at radius 3 is 2.63 bits per heavy atom. The summed E-state index contributed by atoms with van der Waals surface area (Å²) in [6, 6.07) is 14.8. The molecule has 1 amide bonds. The number of likely N-dealkylation sites (tertiary alicyclic amines) is 1. The Labute approximate surface area is 160 Å². The van der Waals surface area contributed by atoms with E-state index in [2.05, 4.69) is 11.0 Å². The number of halogens is 1. The van der Waals surface area contributed by atoms with Gasteiger partial charge in [-0.15, -0.1) is 0 Å². The van der Waals surface area contributed by atoms with Gasteiger partial charge in [0.15, 0.2) is 0 Å². The molecule has 1 aliphatic rings. The van der Waals surface area contributed by atoms with E-state index in [0.717, 1.165) is 56.9 Å². The average Bonchev–Trinajstić information content (AvgIpc) is 3.10. The number of amides is 1. The zero-order valence-electron chi connectivity index (χ0n) is 15.9. The van der Waals surface area contributed by atoms with Gasteiger partial charge in [0, 0.05) is 39.1 Å². The maximum absolute atomic E-state index is 13.1. The highest BCUT2D eigenvalue weighted by atomic mass is 19.1. The first kappa shape index (κ1) is 19.4. The minimum Gasteiger partial charge on any atom is -0.497 e. The number of rotatable bonds is 9. The van der Waals surface area contributed by atoms with Gasteiger partial charge in [-0.1, -0.05) is 24.3 Å². The van der Waals surface area contributed by atoms with Gasteiger partial charge in [0.25, 0.3) is 0 Å². The molecule has 1 aliphatic heterocycles. The van der Waals surface area contributed by atoms with Crippen molar-refractivity contribution in [3.05, 3.63) is 65.5 Å². The molecule has 0 atom stereocenters. The molecule has 2 aromatic rings. The molecule has 0 N–H and O–H groups in total. The fourth-order valence-electron chi connectivity index (χ4n) is 3.44. The summed E-state index contributed by atoms with van der Waals surface area (Å²) in [5.74, 6) is 0.898. The first-order valence-electron chi connectivity index (χ1n) is 9.51. The van der Waals surface area contributed by atoms with E-state index in [1.807, 2.05) is 35.2 Å². The summed E-state index contributed by atoms with van der Waals surface area (Å²) in [6.45, 7) is 4.09. The van der Waals surface area contributed by atoms with Gasteiger partial charge in [0.1, 0.15) is 11.6 Å². The molecule has 1 saturated heterocycles. The normalized spacial score (nSPS) is 14.2. The predicted molar refractivity (Wildman–Crippen MR) is 104 cm³/mol. The summed E-state index contributed by atoms with van der Waals surface area (Å²) in [5, 5.41) is 0. The first-order valence-corrected chi connectivity index (χ1v) is 9.51. The molecule has 27 heavy (non-hydrogen) atoms. The van der Waals surface area contributed by atoms with Crippen LogP contribution in [-0.2, 0) is 17.8 Å². The Balaban J connectivity index is 1.63. The molecule has 0 spiro atoms. The van der Waals surface area contributed by atoms with Crippen molar-refractivity contribution < 1.29 is 13.9 Å². The molecule has 0 aliphatic carbocycles. The zero-order chi connectivity index (χ0) is 19.1. The average molecular weight is 370 g/mol. The van der Waals surface area contributed by atoms with E-state index in [0.29, 0.717) is 6.42 Å². The highest BCUT2D eigenvalue weighted by Gasteiger charge is 2.20. The number of ether oxygens (including phenoxy) is 1. The van der Waals surface area contributed by atoms with Gasteiger partial charge >= 0.3 is 0 Å². The molecule has 3 rings (SSSR count). The quantitative estimate of drug-likeness (QED) is 0.677. The van der Waals surface area contributed by atoms with Crippen LogP contribution in [0.3, 0.4) is 0 Å². The van der Waals surface area contributed by atoms with E-state index >= 15 is 0 Å². The topological polar surface area (TPSA) is 32.8 Å². The van der Waals surface area contributed by atoms with Crippen LogP contribution in [0, 0.1) is 5.82 Å². The number of carbonyl (C=O) groups excluding carboxylic acids is 1. The summed E-state index contributed by atoms with van der Waals surface area (Å²) in [7, 11) is 1.67. The lowest BCUT2D eigenvalue weighted by Gasteiger charge is -2.25. The molecule has 0 radical (unpaired) electrons. The number of hydrogen-bond acceptors (Lipinski definition) is 3. The maximum Gasteiger partial charge on any atom is 0.222 e. The lowest BCUT2D eigenvalue weighted by molar-refractivity contribution is -0.127. The van der Waals surface area contributed by atoms with Gasteiger partial charge in [-0.2, -0.15) is 0 Å². The molecule has 0 unspecified atom stereocenters. The molecule has 2 aromatic carbocycles. The van der Waals surface area contributed by atoms with Gasteiger partial charge in [0.05, 0.1) is 7.11 Å². The largest absolute Gasteiger partial charge is 0.497 e. The van der Waals surface area contributed by atoms with Crippen LogP contribution in [-0.4, -0.2) is 49.0 Å². The summed E-state index contributed by atoms with van der Waals surface area (Å²) < 4.78 is 18.4. The van der Waals surface area contributed by atoms with Crippen molar-refractivity contribution in [1.29, 1.82) is 0 Å². The van der Waals surface area contributed by atoms with Crippen molar-refractivity contribution in [2.75, 3.05) is 33.3 Å². The van der Waals surface area contributed by atoms with Crippen molar-refractivity contribution >= 4 is 5.91 Å². The summed E-state index contributed by atoms with van der Waals surface area (Å²) in [4.78, 5) is 16.2. The molecule has 1 heterocycles. The third-order valence-corrected chi connectivity index (χ3v) is 5.03. The van der Waals surface area contributed by atoms with Crippen molar-refractivity contribution in [2.45, 2.75) is 25.8 Å². The number of methoxy groups -OCH3 is 1.